The molecule has 0 bridgehead atoms. The van der Waals surface area contributed by atoms with Crippen LogP contribution >= 0.6 is 0 Å². The lowest BCUT2D eigenvalue weighted by atomic mass is 10.0. The first-order valence-electron chi connectivity index (χ1n) is 8.08. The average molecular weight is 274 g/mol. The lowest BCUT2D eigenvalue weighted by molar-refractivity contribution is 0.183. The molecule has 1 aromatic carbocycles. The molecule has 2 aliphatic carbocycles. The number of nitrogens with one attached hydrogen (secondary N) is 1. The smallest absolute Gasteiger partial charge is 0.123 e. The molecule has 1 unspecified atom stereocenters. The van der Waals surface area contributed by atoms with Gasteiger partial charge in [0, 0.05) is 18.1 Å². The fourth-order valence-corrected chi connectivity index (χ4v) is 3.91. The lowest BCUT2D eigenvalue weighted by Crippen LogP contribution is -2.44. The first-order valence-corrected chi connectivity index (χ1v) is 8.08. The largest absolute Gasteiger partial charge is 0.307 e. The van der Waals surface area contributed by atoms with E-state index in [1.165, 1.54) is 49.9 Å². The minimum atomic E-state index is -0.0952. The number of fused-ring (bicyclic) bond motifs is 1. The average Bonchev–Trinajstić information content (AvgIpc) is 3.23. The molecule has 3 heteroatoms. The Balaban J connectivity index is 1.37. The molecule has 0 aromatic heterocycles. The van der Waals surface area contributed by atoms with Crippen LogP contribution in [0.15, 0.2) is 18.2 Å². The van der Waals surface area contributed by atoms with Gasteiger partial charge in [0.05, 0.1) is 0 Å². The Morgan fingerprint density at radius 2 is 1.85 bits per heavy atom. The van der Waals surface area contributed by atoms with Crippen LogP contribution in [-0.2, 0) is 6.42 Å². The van der Waals surface area contributed by atoms with Crippen LogP contribution in [-0.4, -0.2) is 30.1 Å². The summed E-state index contributed by atoms with van der Waals surface area (Å²) in [5.74, 6) is -0.0952. The quantitative estimate of drug-likeness (QED) is 0.911. The van der Waals surface area contributed by atoms with E-state index in [1.54, 1.807) is 12.1 Å². The topological polar surface area (TPSA) is 15.3 Å². The van der Waals surface area contributed by atoms with E-state index >= 15 is 0 Å². The number of hydrogen-bond acceptors (Lipinski definition) is 2. The third kappa shape index (κ3) is 2.49. The highest BCUT2D eigenvalue weighted by Crippen LogP contribution is 2.34. The molecule has 4 rings (SSSR count). The van der Waals surface area contributed by atoms with Crippen LogP contribution in [0.25, 0.3) is 0 Å². The van der Waals surface area contributed by atoms with Crippen molar-refractivity contribution in [3.63, 3.8) is 0 Å². The van der Waals surface area contributed by atoms with Crippen molar-refractivity contribution < 1.29 is 4.39 Å². The molecule has 0 spiro atoms. The van der Waals surface area contributed by atoms with Crippen LogP contribution in [0.4, 0.5) is 4.39 Å². The molecular weight excluding hydrogens is 251 g/mol. The molecule has 1 atom stereocenters. The fraction of sp³-hybridized carbons (Fsp3) is 0.647. The molecule has 1 aliphatic heterocycles. The number of benzene rings is 1. The van der Waals surface area contributed by atoms with Crippen molar-refractivity contribution in [2.75, 3.05) is 13.1 Å². The monoisotopic (exact) mass is 274 g/mol. The summed E-state index contributed by atoms with van der Waals surface area (Å²) in [6, 6.07) is 7.30. The molecule has 20 heavy (non-hydrogen) atoms. The van der Waals surface area contributed by atoms with Gasteiger partial charge >= 0.3 is 0 Å². The zero-order valence-electron chi connectivity index (χ0n) is 11.9. The number of rotatable bonds is 3. The number of halogens is 1. The second kappa shape index (κ2) is 5.12. The molecular formula is C17H23FN2. The van der Waals surface area contributed by atoms with Gasteiger partial charge in [-0.25, -0.2) is 4.39 Å². The van der Waals surface area contributed by atoms with Crippen molar-refractivity contribution in [1.29, 1.82) is 0 Å². The van der Waals surface area contributed by atoms with E-state index in [9.17, 15) is 4.39 Å². The SMILES string of the molecule is Fc1ccc2c(c1)CCC2NC1CCN(C2CC2)CC1. The third-order valence-corrected chi connectivity index (χ3v) is 5.21. The van der Waals surface area contributed by atoms with Crippen LogP contribution in [0, 0.1) is 5.82 Å². The van der Waals surface area contributed by atoms with Crippen molar-refractivity contribution in [2.24, 2.45) is 0 Å². The van der Waals surface area contributed by atoms with Crippen molar-refractivity contribution in [3.8, 4) is 0 Å². The van der Waals surface area contributed by atoms with Crippen LogP contribution in [0.3, 0.4) is 0 Å². The minimum absolute atomic E-state index is 0.0952. The summed E-state index contributed by atoms with van der Waals surface area (Å²) in [5, 5.41) is 3.82. The van der Waals surface area contributed by atoms with E-state index in [2.05, 4.69) is 10.2 Å². The molecule has 2 nitrogen and oxygen atoms in total. The van der Waals surface area contributed by atoms with Gasteiger partial charge in [0.2, 0.25) is 0 Å². The van der Waals surface area contributed by atoms with Crippen molar-refractivity contribution >= 4 is 0 Å². The summed E-state index contributed by atoms with van der Waals surface area (Å²) in [5.41, 5.74) is 2.54. The van der Waals surface area contributed by atoms with Gasteiger partial charge < -0.3 is 10.2 Å². The maximum Gasteiger partial charge on any atom is 0.123 e. The van der Waals surface area contributed by atoms with Gasteiger partial charge in [-0.2, -0.15) is 0 Å². The van der Waals surface area contributed by atoms with Gasteiger partial charge in [-0.3, -0.25) is 0 Å². The van der Waals surface area contributed by atoms with Gasteiger partial charge in [0.15, 0.2) is 0 Å². The van der Waals surface area contributed by atoms with Gasteiger partial charge in [0.25, 0.3) is 0 Å². The summed E-state index contributed by atoms with van der Waals surface area (Å²) in [4.78, 5) is 2.66. The molecule has 1 aromatic rings. The van der Waals surface area contributed by atoms with E-state index in [4.69, 9.17) is 0 Å². The summed E-state index contributed by atoms with van der Waals surface area (Å²) in [6.45, 7) is 2.51. The van der Waals surface area contributed by atoms with Gasteiger partial charge in [-0.1, -0.05) is 6.07 Å². The maximum absolute atomic E-state index is 13.2. The predicted octanol–water partition coefficient (Wildman–Crippen LogP) is 3.03. The fourth-order valence-electron chi connectivity index (χ4n) is 3.91. The summed E-state index contributed by atoms with van der Waals surface area (Å²) >= 11 is 0. The molecule has 1 saturated heterocycles. The van der Waals surface area contributed by atoms with E-state index in [0.29, 0.717) is 12.1 Å². The Kier molecular flexibility index (Phi) is 3.27. The second-order valence-corrected chi connectivity index (χ2v) is 6.64. The second-order valence-electron chi connectivity index (χ2n) is 6.64. The van der Waals surface area contributed by atoms with Crippen LogP contribution < -0.4 is 5.32 Å². The van der Waals surface area contributed by atoms with Crippen LogP contribution in [0.1, 0.15) is 49.3 Å². The Morgan fingerprint density at radius 3 is 2.60 bits per heavy atom. The highest BCUT2D eigenvalue weighted by atomic mass is 19.1. The molecule has 1 saturated carbocycles. The molecule has 3 aliphatic rings. The highest BCUT2D eigenvalue weighted by molar-refractivity contribution is 5.35. The molecule has 1 heterocycles. The highest BCUT2D eigenvalue weighted by Gasteiger charge is 2.33. The minimum Gasteiger partial charge on any atom is -0.307 e. The van der Waals surface area contributed by atoms with E-state index in [-0.39, 0.29) is 5.82 Å². The molecule has 1 N–H and O–H groups in total. The third-order valence-electron chi connectivity index (χ3n) is 5.21. The number of piperidine rings is 1. The first kappa shape index (κ1) is 12.8. The van der Waals surface area contributed by atoms with Crippen LogP contribution in [0.2, 0.25) is 0 Å². The van der Waals surface area contributed by atoms with Gasteiger partial charge in [0.1, 0.15) is 5.82 Å². The van der Waals surface area contributed by atoms with Gasteiger partial charge in [-0.05, 0) is 74.9 Å². The molecule has 0 radical (unpaired) electrons. The zero-order chi connectivity index (χ0) is 13.5. The summed E-state index contributed by atoms with van der Waals surface area (Å²) in [7, 11) is 0. The summed E-state index contributed by atoms with van der Waals surface area (Å²) in [6.07, 6.45) is 7.51. The number of aryl methyl sites for hydroxylation is 1. The van der Waals surface area contributed by atoms with E-state index in [0.717, 1.165) is 18.9 Å². The Morgan fingerprint density at radius 1 is 1.05 bits per heavy atom. The molecule has 2 fully saturated rings. The van der Waals surface area contributed by atoms with Crippen LogP contribution in [0.5, 0.6) is 0 Å². The number of likely N-dealkylation sites (tertiary alicyclic amines) is 1. The van der Waals surface area contributed by atoms with Crippen molar-refractivity contribution in [3.05, 3.63) is 35.1 Å². The van der Waals surface area contributed by atoms with E-state index < -0.39 is 0 Å². The number of nitrogens with zero attached hydrogens (tertiary/aromatic N) is 1. The summed E-state index contributed by atoms with van der Waals surface area (Å²) < 4.78 is 13.2. The molecule has 0 amide bonds. The Labute approximate surface area is 120 Å². The first-order chi connectivity index (χ1) is 9.79. The normalized spacial score (nSPS) is 27.8. The number of hydrogen-bond donors (Lipinski definition) is 1. The molecule has 108 valence electrons. The maximum atomic E-state index is 13.2. The van der Waals surface area contributed by atoms with Crippen molar-refractivity contribution in [1.82, 2.24) is 10.2 Å². The van der Waals surface area contributed by atoms with Crippen molar-refractivity contribution in [2.45, 2.75) is 56.7 Å². The standard InChI is InChI=1S/C17H23FN2/c18-13-2-5-16-12(11-13)1-6-17(16)19-14-7-9-20(10-8-14)15-3-4-15/h2,5,11,14-15,17,19H,1,3-4,6-10H2. The predicted molar refractivity (Wildman–Crippen MR) is 78.2 cm³/mol. The van der Waals surface area contributed by atoms with Gasteiger partial charge in [-0.15, -0.1) is 0 Å². The Bertz CT molecular complexity index is 490. The van der Waals surface area contributed by atoms with E-state index in [1.807, 2.05) is 6.07 Å². The Hall–Kier alpha value is -0.930. The zero-order valence-corrected chi connectivity index (χ0v) is 11.9. The lowest BCUT2D eigenvalue weighted by Gasteiger charge is -2.34.